The number of hydrogen-bond acceptors (Lipinski definition) is 4. The highest BCUT2D eigenvalue weighted by Gasteiger charge is 2.24. The van der Waals surface area contributed by atoms with E-state index >= 15 is 0 Å². The monoisotopic (exact) mass is 412 g/mol. The van der Waals surface area contributed by atoms with Gasteiger partial charge in [-0.15, -0.1) is 0 Å². The van der Waals surface area contributed by atoms with Crippen LogP contribution in [0.4, 0.5) is 5.69 Å². The van der Waals surface area contributed by atoms with Crippen molar-refractivity contribution >= 4 is 32.7 Å². The predicted octanol–water partition coefficient (Wildman–Crippen LogP) is 2.97. The van der Waals surface area contributed by atoms with Crippen LogP contribution in [0.1, 0.15) is 31.2 Å². The van der Waals surface area contributed by atoms with Gasteiger partial charge in [0.05, 0.1) is 22.5 Å². The Labute approximate surface area is 170 Å². The van der Waals surface area contributed by atoms with Gasteiger partial charge in [0.1, 0.15) is 5.82 Å². The molecule has 1 amide bonds. The predicted molar refractivity (Wildman–Crippen MR) is 112 cm³/mol. The van der Waals surface area contributed by atoms with Crippen LogP contribution in [0, 0.1) is 6.92 Å². The third-order valence-corrected chi connectivity index (χ3v) is 6.86. The lowest BCUT2D eigenvalue weighted by molar-refractivity contribution is -0.117. The molecule has 1 fully saturated rings. The average Bonchev–Trinajstić information content (AvgIpc) is 3.29. The maximum Gasteiger partial charge on any atom is 0.241 e. The molecule has 152 valence electrons. The van der Waals surface area contributed by atoms with Crippen molar-refractivity contribution in [2.75, 3.05) is 11.4 Å². The number of imidazole rings is 1. The topological polar surface area (TPSA) is 84.3 Å². The van der Waals surface area contributed by atoms with Crippen LogP contribution in [-0.2, 0) is 27.9 Å². The fraction of sp³-hybridized carbons (Fsp3) is 0.333. The molecule has 1 aromatic heterocycles. The van der Waals surface area contributed by atoms with Crippen LogP contribution in [0.3, 0.4) is 0 Å². The molecule has 0 atom stereocenters. The van der Waals surface area contributed by atoms with E-state index in [0.29, 0.717) is 30.9 Å². The number of carbonyl (C=O) groups is 1. The van der Waals surface area contributed by atoms with Gasteiger partial charge in [0.2, 0.25) is 15.9 Å². The van der Waals surface area contributed by atoms with Crippen molar-refractivity contribution in [1.29, 1.82) is 0 Å². The number of anilines is 1. The maximum atomic E-state index is 12.9. The van der Waals surface area contributed by atoms with Crippen LogP contribution in [0.5, 0.6) is 0 Å². The second kappa shape index (κ2) is 7.61. The summed E-state index contributed by atoms with van der Waals surface area (Å²) in [5.41, 5.74) is 3.19. The number of nitrogens with zero attached hydrogens (tertiary/aromatic N) is 3. The minimum Gasteiger partial charge on any atom is -0.327 e. The van der Waals surface area contributed by atoms with Gasteiger partial charge in [0.15, 0.2) is 0 Å². The summed E-state index contributed by atoms with van der Waals surface area (Å²) in [7, 11) is -3.71. The van der Waals surface area contributed by atoms with Crippen LogP contribution >= 0.6 is 0 Å². The highest BCUT2D eigenvalue weighted by Crippen LogP contribution is 2.26. The van der Waals surface area contributed by atoms with E-state index in [1.54, 1.807) is 30.0 Å². The summed E-state index contributed by atoms with van der Waals surface area (Å²) >= 11 is 0. The van der Waals surface area contributed by atoms with E-state index in [4.69, 9.17) is 0 Å². The normalized spacial score (nSPS) is 14.8. The Hall–Kier alpha value is -2.71. The van der Waals surface area contributed by atoms with Gasteiger partial charge in [0.25, 0.3) is 0 Å². The van der Waals surface area contributed by atoms with Crippen molar-refractivity contribution in [3.63, 3.8) is 0 Å². The fourth-order valence-electron chi connectivity index (χ4n) is 3.87. The van der Waals surface area contributed by atoms with Gasteiger partial charge in [-0.05, 0) is 56.2 Å². The Kier molecular flexibility index (Phi) is 5.14. The molecule has 0 aliphatic carbocycles. The molecule has 1 saturated heterocycles. The van der Waals surface area contributed by atoms with Crippen molar-refractivity contribution in [1.82, 2.24) is 14.3 Å². The molecule has 8 heteroatoms. The highest BCUT2D eigenvalue weighted by atomic mass is 32.2. The summed E-state index contributed by atoms with van der Waals surface area (Å²) in [5.74, 6) is 0.755. The number of fused-ring (bicyclic) bond motifs is 1. The number of benzene rings is 2. The number of carbonyl (C=O) groups excluding carboxylic acids is 1. The third kappa shape index (κ3) is 3.65. The Morgan fingerprint density at radius 1 is 1.17 bits per heavy atom. The van der Waals surface area contributed by atoms with Crippen LogP contribution < -0.4 is 9.62 Å². The standard InChI is InChI=1S/C21H24N4O3S/c1-3-24-18-8-5-4-7-17(18)23-20(24)14-22-29(27,28)19-11-10-16(13-15(19)2)25-12-6-9-21(25)26/h4-5,7-8,10-11,13,22H,3,6,9,12,14H2,1-2H3. The molecule has 29 heavy (non-hydrogen) atoms. The van der Waals surface area contributed by atoms with Gasteiger partial charge in [-0.25, -0.2) is 18.1 Å². The lowest BCUT2D eigenvalue weighted by Gasteiger charge is -2.18. The van der Waals surface area contributed by atoms with Crippen LogP contribution in [-0.4, -0.2) is 30.4 Å². The SMILES string of the molecule is CCn1c(CNS(=O)(=O)c2ccc(N3CCCC3=O)cc2C)nc2ccccc21. The molecule has 2 aromatic carbocycles. The number of hydrogen-bond donors (Lipinski definition) is 1. The van der Waals surface area contributed by atoms with Crippen molar-refractivity contribution in [3.8, 4) is 0 Å². The molecule has 2 heterocycles. The molecule has 1 aliphatic rings. The largest absolute Gasteiger partial charge is 0.327 e. The van der Waals surface area contributed by atoms with Gasteiger partial charge in [0, 0.05) is 25.2 Å². The first-order chi connectivity index (χ1) is 13.9. The zero-order valence-corrected chi connectivity index (χ0v) is 17.4. The Bertz CT molecular complexity index is 1180. The summed E-state index contributed by atoms with van der Waals surface area (Å²) < 4.78 is 30.5. The van der Waals surface area contributed by atoms with Crippen molar-refractivity contribution < 1.29 is 13.2 Å². The quantitative estimate of drug-likeness (QED) is 0.675. The van der Waals surface area contributed by atoms with Gasteiger partial charge < -0.3 is 9.47 Å². The molecule has 1 N–H and O–H groups in total. The lowest BCUT2D eigenvalue weighted by Crippen LogP contribution is -2.26. The third-order valence-electron chi connectivity index (χ3n) is 5.30. The van der Waals surface area contributed by atoms with E-state index in [9.17, 15) is 13.2 Å². The number of aromatic nitrogens is 2. The first-order valence-electron chi connectivity index (χ1n) is 9.75. The van der Waals surface area contributed by atoms with Crippen LogP contribution in [0.25, 0.3) is 11.0 Å². The number of rotatable bonds is 6. The first kappa shape index (κ1) is 19.6. The summed E-state index contributed by atoms with van der Waals surface area (Å²) in [5, 5.41) is 0. The molecule has 0 bridgehead atoms. The summed E-state index contributed by atoms with van der Waals surface area (Å²) in [6.07, 6.45) is 1.37. The molecule has 1 aliphatic heterocycles. The van der Waals surface area contributed by atoms with Crippen LogP contribution in [0.15, 0.2) is 47.4 Å². The van der Waals surface area contributed by atoms with E-state index in [2.05, 4.69) is 9.71 Å². The zero-order chi connectivity index (χ0) is 20.6. The second-order valence-electron chi connectivity index (χ2n) is 7.18. The molecule has 3 aromatic rings. The van der Waals surface area contributed by atoms with Gasteiger partial charge in [-0.2, -0.15) is 0 Å². The second-order valence-corrected chi connectivity index (χ2v) is 8.92. The first-order valence-corrected chi connectivity index (χ1v) is 11.2. The Morgan fingerprint density at radius 3 is 2.66 bits per heavy atom. The summed E-state index contributed by atoms with van der Waals surface area (Å²) in [6.45, 7) is 5.25. The van der Waals surface area contributed by atoms with E-state index in [-0.39, 0.29) is 17.3 Å². The molecule has 7 nitrogen and oxygen atoms in total. The minimum atomic E-state index is -3.71. The molecule has 0 saturated carbocycles. The number of amides is 1. The average molecular weight is 413 g/mol. The Morgan fingerprint density at radius 2 is 1.97 bits per heavy atom. The van der Waals surface area contributed by atoms with Gasteiger partial charge >= 0.3 is 0 Å². The lowest BCUT2D eigenvalue weighted by atomic mass is 10.2. The molecular weight excluding hydrogens is 388 g/mol. The fourth-order valence-corrected chi connectivity index (χ4v) is 5.08. The van der Waals surface area contributed by atoms with Crippen LogP contribution in [0.2, 0.25) is 0 Å². The smallest absolute Gasteiger partial charge is 0.241 e. The van der Waals surface area contributed by atoms with E-state index in [1.165, 1.54) is 0 Å². The molecule has 0 spiro atoms. The van der Waals surface area contributed by atoms with E-state index in [0.717, 1.165) is 23.1 Å². The number of nitrogens with one attached hydrogen (secondary N) is 1. The molecule has 0 unspecified atom stereocenters. The number of sulfonamides is 1. The van der Waals surface area contributed by atoms with E-state index < -0.39 is 10.0 Å². The number of aryl methyl sites for hydroxylation is 2. The van der Waals surface area contributed by atoms with Gasteiger partial charge in [-0.3, -0.25) is 4.79 Å². The van der Waals surface area contributed by atoms with Gasteiger partial charge in [-0.1, -0.05) is 12.1 Å². The van der Waals surface area contributed by atoms with Crippen molar-refractivity contribution in [3.05, 3.63) is 53.9 Å². The van der Waals surface area contributed by atoms with E-state index in [1.807, 2.05) is 35.8 Å². The molecular formula is C21H24N4O3S. The Balaban J connectivity index is 1.57. The molecule has 4 rings (SSSR count). The van der Waals surface area contributed by atoms with Crippen molar-refractivity contribution in [2.45, 2.75) is 44.7 Å². The zero-order valence-electron chi connectivity index (χ0n) is 16.6. The summed E-state index contributed by atoms with van der Waals surface area (Å²) in [4.78, 5) is 18.4. The van der Waals surface area contributed by atoms with Crippen molar-refractivity contribution in [2.24, 2.45) is 0 Å². The minimum absolute atomic E-state index is 0.0802. The number of para-hydroxylation sites is 2. The summed E-state index contributed by atoms with van der Waals surface area (Å²) in [6, 6.07) is 12.8. The molecule has 0 radical (unpaired) electrons. The maximum absolute atomic E-state index is 12.9. The highest BCUT2D eigenvalue weighted by molar-refractivity contribution is 7.89.